The maximum Gasteiger partial charge on any atom is 0.251 e. The summed E-state index contributed by atoms with van der Waals surface area (Å²) in [4.78, 5) is 15.4. The average molecular weight is 505 g/mol. The Morgan fingerprint density at radius 2 is 1.70 bits per heavy atom. The first kappa shape index (κ1) is 26.7. The second-order valence-corrected chi connectivity index (χ2v) is 13.9. The molecule has 4 aliphatic rings. The molecule has 2 saturated carbocycles. The first-order valence-electron chi connectivity index (χ1n) is 14.5. The number of amides is 1. The highest BCUT2D eigenvalue weighted by molar-refractivity contribution is 5.94. The SMILES string of the molecule is CC(NC(=O)c1ccccc1)C1C(O)CC2(C)C3CCC4C(=CC3=CCC12C)CCC(N(C)C)C4(C)C. The number of rotatable bonds is 4. The van der Waals surface area contributed by atoms with Gasteiger partial charge in [0.25, 0.3) is 5.91 Å². The molecule has 0 radical (unpaired) electrons. The molecule has 0 aliphatic heterocycles. The van der Waals surface area contributed by atoms with Crippen molar-refractivity contribution in [3.05, 3.63) is 59.2 Å². The summed E-state index contributed by atoms with van der Waals surface area (Å²) in [7, 11) is 4.48. The van der Waals surface area contributed by atoms with E-state index in [1.807, 2.05) is 30.3 Å². The molecule has 4 aliphatic carbocycles. The molecule has 8 atom stereocenters. The van der Waals surface area contributed by atoms with Crippen LogP contribution in [0.2, 0.25) is 0 Å². The Hall–Kier alpha value is -1.91. The fraction of sp³-hybridized carbons (Fsp3) is 0.667. The smallest absolute Gasteiger partial charge is 0.251 e. The number of nitrogens with one attached hydrogen (secondary N) is 1. The summed E-state index contributed by atoms with van der Waals surface area (Å²) < 4.78 is 0. The summed E-state index contributed by atoms with van der Waals surface area (Å²) in [5.74, 6) is 1.04. The summed E-state index contributed by atoms with van der Waals surface area (Å²) >= 11 is 0. The number of benzene rings is 1. The van der Waals surface area contributed by atoms with Gasteiger partial charge in [0, 0.05) is 23.6 Å². The van der Waals surface area contributed by atoms with Crippen molar-refractivity contribution in [1.82, 2.24) is 10.2 Å². The molecule has 0 aromatic heterocycles. The van der Waals surface area contributed by atoms with Crippen LogP contribution in [-0.4, -0.2) is 48.2 Å². The quantitative estimate of drug-likeness (QED) is 0.511. The van der Waals surface area contributed by atoms with Gasteiger partial charge in [-0.3, -0.25) is 4.79 Å². The van der Waals surface area contributed by atoms with Crippen LogP contribution in [0, 0.1) is 34.0 Å². The van der Waals surface area contributed by atoms with Crippen molar-refractivity contribution in [2.45, 2.75) is 91.3 Å². The van der Waals surface area contributed by atoms with Crippen molar-refractivity contribution in [2.75, 3.05) is 14.1 Å². The summed E-state index contributed by atoms with van der Waals surface area (Å²) in [5, 5.41) is 14.8. The van der Waals surface area contributed by atoms with Crippen LogP contribution in [0.5, 0.6) is 0 Å². The molecule has 4 nitrogen and oxygen atoms in total. The largest absolute Gasteiger partial charge is 0.393 e. The average Bonchev–Trinajstić information content (AvgIpc) is 2.94. The van der Waals surface area contributed by atoms with Gasteiger partial charge in [-0.1, -0.05) is 63.6 Å². The minimum absolute atomic E-state index is 0.00253. The number of aliphatic hydroxyl groups is 1. The number of carbonyl (C=O) groups excluding carboxylic acids is 1. The molecule has 1 aromatic carbocycles. The maximum atomic E-state index is 13.0. The summed E-state index contributed by atoms with van der Waals surface area (Å²) in [6.07, 6.45) is 11.3. The molecular weight excluding hydrogens is 456 g/mol. The number of nitrogens with zero attached hydrogens (tertiary/aromatic N) is 1. The highest BCUT2D eigenvalue weighted by Gasteiger charge is 2.64. The molecule has 4 heteroatoms. The van der Waals surface area contributed by atoms with Crippen molar-refractivity contribution >= 4 is 5.91 Å². The van der Waals surface area contributed by atoms with Crippen molar-refractivity contribution in [3.63, 3.8) is 0 Å². The maximum absolute atomic E-state index is 13.0. The van der Waals surface area contributed by atoms with Crippen molar-refractivity contribution in [1.29, 1.82) is 0 Å². The molecule has 8 unspecified atom stereocenters. The molecule has 2 N–H and O–H groups in total. The number of hydrogen-bond acceptors (Lipinski definition) is 3. The lowest BCUT2D eigenvalue weighted by atomic mass is 9.51. The number of allylic oxidation sites excluding steroid dienone is 4. The van der Waals surface area contributed by atoms with E-state index in [1.54, 1.807) is 5.57 Å². The molecule has 5 rings (SSSR count). The molecule has 0 bridgehead atoms. The van der Waals surface area contributed by atoms with Gasteiger partial charge in [0.2, 0.25) is 0 Å². The van der Waals surface area contributed by atoms with E-state index in [0.29, 0.717) is 23.4 Å². The van der Waals surface area contributed by atoms with Crippen LogP contribution >= 0.6 is 0 Å². The molecule has 2 fully saturated rings. The predicted octanol–water partition coefficient (Wildman–Crippen LogP) is 6.23. The number of aliphatic hydroxyl groups excluding tert-OH is 1. The van der Waals surface area contributed by atoms with Gasteiger partial charge in [-0.25, -0.2) is 0 Å². The van der Waals surface area contributed by atoms with Crippen LogP contribution in [0.25, 0.3) is 0 Å². The van der Waals surface area contributed by atoms with Crippen molar-refractivity contribution < 1.29 is 9.90 Å². The zero-order valence-electron chi connectivity index (χ0n) is 24.1. The van der Waals surface area contributed by atoms with E-state index >= 15 is 0 Å². The Kier molecular flexibility index (Phi) is 6.76. The van der Waals surface area contributed by atoms with Crippen LogP contribution < -0.4 is 5.32 Å². The summed E-state index contributed by atoms with van der Waals surface area (Å²) in [6, 6.07) is 9.95. The van der Waals surface area contributed by atoms with Crippen LogP contribution in [0.4, 0.5) is 0 Å². The standard InChI is InChI=1S/C33H48N2O2/c1-21(34-30(37)22-11-9-8-10-12-22)29-27(36)20-33(5)26-15-14-25-23(19-24(26)17-18-32(29,33)4)13-16-28(35(6)7)31(25,2)3/h8-12,17,19,21,25-29,36H,13-16,18,20H2,1-7H3,(H,34,37). The Labute approximate surface area is 224 Å². The summed E-state index contributed by atoms with van der Waals surface area (Å²) in [5.41, 5.74) is 4.03. The lowest BCUT2D eigenvalue weighted by molar-refractivity contribution is -0.00773. The highest BCUT2D eigenvalue weighted by atomic mass is 16.3. The third kappa shape index (κ3) is 4.14. The zero-order valence-corrected chi connectivity index (χ0v) is 24.1. The lowest BCUT2D eigenvalue weighted by Gasteiger charge is -2.53. The van der Waals surface area contributed by atoms with Gasteiger partial charge in [-0.15, -0.1) is 0 Å². The van der Waals surface area contributed by atoms with Crippen LogP contribution in [-0.2, 0) is 0 Å². The van der Waals surface area contributed by atoms with Gasteiger partial charge < -0.3 is 15.3 Å². The molecule has 37 heavy (non-hydrogen) atoms. The van der Waals surface area contributed by atoms with Crippen molar-refractivity contribution in [2.24, 2.45) is 34.0 Å². The Balaban J connectivity index is 1.42. The second-order valence-electron chi connectivity index (χ2n) is 13.9. The van der Waals surface area contributed by atoms with E-state index in [0.717, 1.165) is 12.8 Å². The van der Waals surface area contributed by atoms with E-state index in [1.165, 1.54) is 31.3 Å². The Bertz CT molecular complexity index is 1090. The minimum Gasteiger partial charge on any atom is -0.393 e. The van der Waals surface area contributed by atoms with Gasteiger partial charge in [-0.2, -0.15) is 0 Å². The van der Waals surface area contributed by atoms with Crippen molar-refractivity contribution in [3.8, 4) is 0 Å². The monoisotopic (exact) mass is 504 g/mol. The van der Waals surface area contributed by atoms with E-state index in [4.69, 9.17) is 0 Å². The normalized spacial score (nSPS) is 39.4. The van der Waals surface area contributed by atoms with E-state index < -0.39 is 6.10 Å². The fourth-order valence-corrected chi connectivity index (χ4v) is 9.61. The van der Waals surface area contributed by atoms with Gasteiger partial charge in [-0.05, 0) is 105 Å². The molecule has 1 aromatic rings. The van der Waals surface area contributed by atoms with E-state index in [-0.39, 0.29) is 34.1 Å². The highest BCUT2D eigenvalue weighted by Crippen LogP contribution is 2.68. The number of fused-ring (bicyclic) bond motifs is 4. The minimum atomic E-state index is -0.415. The first-order chi connectivity index (χ1) is 17.4. The molecule has 202 valence electrons. The van der Waals surface area contributed by atoms with Gasteiger partial charge in [0.15, 0.2) is 0 Å². The molecule has 1 amide bonds. The second kappa shape index (κ2) is 9.38. The molecule has 0 saturated heterocycles. The molecule has 0 spiro atoms. The Morgan fingerprint density at radius 3 is 2.38 bits per heavy atom. The third-order valence-corrected chi connectivity index (χ3v) is 11.6. The molecular formula is C33H48N2O2. The van der Waals surface area contributed by atoms with Gasteiger partial charge in [0.1, 0.15) is 0 Å². The lowest BCUT2D eigenvalue weighted by Crippen LogP contribution is -2.51. The zero-order chi connectivity index (χ0) is 26.8. The first-order valence-corrected chi connectivity index (χ1v) is 14.5. The topological polar surface area (TPSA) is 52.6 Å². The van der Waals surface area contributed by atoms with Crippen LogP contribution in [0.15, 0.2) is 53.6 Å². The third-order valence-electron chi connectivity index (χ3n) is 11.6. The number of hydrogen-bond donors (Lipinski definition) is 2. The van der Waals surface area contributed by atoms with E-state index in [2.05, 4.69) is 71.1 Å². The van der Waals surface area contributed by atoms with E-state index in [9.17, 15) is 9.90 Å². The predicted molar refractivity (Wildman–Crippen MR) is 151 cm³/mol. The molecule has 0 heterocycles. The Morgan fingerprint density at radius 1 is 1.03 bits per heavy atom. The number of carbonyl (C=O) groups is 1. The van der Waals surface area contributed by atoms with Crippen LogP contribution in [0.3, 0.4) is 0 Å². The summed E-state index contributed by atoms with van der Waals surface area (Å²) in [6.45, 7) is 11.9. The van der Waals surface area contributed by atoms with Gasteiger partial charge in [0.05, 0.1) is 6.10 Å². The van der Waals surface area contributed by atoms with Crippen LogP contribution in [0.1, 0.15) is 83.5 Å². The fourth-order valence-electron chi connectivity index (χ4n) is 9.61. The van der Waals surface area contributed by atoms with Gasteiger partial charge >= 0.3 is 0 Å².